The van der Waals surface area contributed by atoms with Gasteiger partial charge in [-0.05, 0) is 56.0 Å². The van der Waals surface area contributed by atoms with Gasteiger partial charge in [0.25, 0.3) is 11.8 Å². The number of rotatable bonds is 3. The van der Waals surface area contributed by atoms with Gasteiger partial charge >= 0.3 is 0 Å². The summed E-state index contributed by atoms with van der Waals surface area (Å²) in [6, 6.07) is 11.5. The van der Waals surface area contributed by atoms with E-state index >= 15 is 0 Å². The second kappa shape index (κ2) is 8.23. The third-order valence-corrected chi connectivity index (χ3v) is 6.06. The van der Waals surface area contributed by atoms with Crippen LogP contribution in [0.2, 0.25) is 0 Å². The SMILES string of the molecule is Cc1cccc(N2CCN(C(=O)c3cccc(C(=O)N4CCCC4)n3)CC2)c1C. The summed E-state index contributed by atoms with van der Waals surface area (Å²) >= 11 is 0. The maximum absolute atomic E-state index is 13.0. The predicted octanol–water partition coefficient (Wildman–Crippen LogP) is 2.90. The van der Waals surface area contributed by atoms with Crippen LogP contribution >= 0.6 is 0 Å². The van der Waals surface area contributed by atoms with Crippen molar-refractivity contribution in [1.29, 1.82) is 0 Å². The van der Waals surface area contributed by atoms with Gasteiger partial charge in [0.15, 0.2) is 0 Å². The molecule has 4 rings (SSSR count). The highest BCUT2D eigenvalue weighted by atomic mass is 16.2. The molecule has 2 aromatic rings. The van der Waals surface area contributed by atoms with Crippen molar-refractivity contribution in [3.8, 4) is 0 Å². The molecule has 0 saturated carbocycles. The summed E-state index contributed by atoms with van der Waals surface area (Å²) in [4.78, 5) is 36.0. The molecule has 0 spiro atoms. The molecule has 2 aliphatic heterocycles. The van der Waals surface area contributed by atoms with Crippen LogP contribution in [0.15, 0.2) is 36.4 Å². The van der Waals surface area contributed by atoms with Crippen molar-refractivity contribution in [2.45, 2.75) is 26.7 Å². The normalized spacial score (nSPS) is 17.0. The van der Waals surface area contributed by atoms with Gasteiger partial charge in [-0.3, -0.25) is 9.59 Å². The average Bonchev–Trinajstić information content (AvgIpc) is 3.30. The lowest BCUT2D eigenvalue weighted by molar-refractivity contribution is 0.0739. The van der Waals surface area contributed by atoms with Gasteiger partial charge in [-0.25, -0.2) is 4.98 Å². The Balaban J connectivity index is 1.43. The van der Waals surface area contributed by atoms with Crippen LogP contribution in [0.3, 0.4) is 0 Å². The summed E-state index contributed by atoms with van der Waals surface area (Å²) < 4.78 is 0. The summed E-state index contributed by atoms with van der Waals surface area (Å²) in [6.07, 6.45) is 2.07. The fraction of sp³-hybridized carbons (Fsp3) is 0.435. The monoisotopic (exact) mass is 392 g/mol. The van der Waals surface area contributed by atoms with E-state index in [0.717, 1.165) is 39.0 Å². The molecule has 2 fully saturated rings. The molecule has 2 amide bonds. The second-order valence-corrected chi connectivity index (χ2v) is 7.91. The molecule has 0 bridgehead atoms. The van der Waals surface area contributed by atoms with E-state index in [2.05, 4.69) is 41.9 Å². The van der Waals surface area contributed by atoms with Gasteiger partial charge in [0, 0.05) is 45.0 Å². The highest BCUT2D eigenvalue weighted by molar-refractivity contribution is 5.96. The Morgan fingerprint density at radius 2 is 1.31 bits per heavy atom. The molecule has 2 saturated heterocycles. The standard InChI is InChI=1S/C23H28N4O2/c1-17-7-5-10-21(18(17)2)25-13-15-27(16-14-25)23(29)20-9-6-8-19(24-20)22(28)26-11-3-4-12-26/h5-10H,3-4,11-16H2,1-2H3. The van der Waals surface area contributed by atoms with Crippen molar-refractivity contribution in [2.24, 2.45) is 0 Å². The van der Waals surface area contributed by atoms with E-state index in [4.69, 9.17) is 0 Å². The third kappa shape index (κ3) is 3.97. The Bertz CT molecular complexity index is 913. The number of likely N-dealkylation sites (tertiary alicyclic amines) is 1. The zero-order chi connectivity index (χ0) is 20.4. The van der Waals surface area contributed by atoms with E-state index in [1.807, 2.05) is 9.80 Å². The first-order valence-corrected chi connectivity index (χ1v) is 10.4. The van der Waals surface area contributed by atoms with E-state index in [1.165, 1.54) is 16.8 Å². The second-order valence-electron chi connectivity index (χ2n) is 7.91. The lowest BCUT2D eigenvalue weighted by Gasteiger charge is -2.37. The fourth-order valence-corrected chi connectivity index (χ4v) is 4.15. The van der Waals surface area contributed by atoms with Crippen LogP contribution in [0.5, 0.6) is 0 Å². The quantitative estimate of drug-likeness (QED) is 0.806. The Morgan fingerprint density at radius 3 is 1.93 bits per heavy atom. The molecule has 1 aromatic heterocycles. The van der Waals surface area contributed by atoms with Crippen LogP contribution in [-0.2, 0) is 0 Å². The van der Waals surface area contributed by atoms with Crippen molar-refractivity contribution < 1.29 is 9.59 Å². The summed E-state index contributed by atoms with van der Waals surface area (Å²) in [5, 5.41) is 0. The van der Waals surface area contributed by atoms with Crippen LogP contribution in [0.1, 0.15) is 44.9 Å². The zero-order valence-electron chi connectivity index (χ0n) is 17.2. The Morgan fingerprint density at radius 1 is 0.759 bits per heavy atom. The van der Waals surface area contributed by atoms with E-state index in [9.17, 15) is 9.59 Å². The topological polar surface area (TPSA) is 56.8 Å². The summed E-state index contributed by atoms with van der Waals surface area (Å²) in [5.41, 5.74) is 4.54. The third-order valence-electron chi connectivity index (χ3n) is 6.06. The first kappa shape index (κ1) is 19.4. The number of hydrogen-bond donors (Lipinski definition) is 0. The van der Waals surface area contributed by atoms with E-state index in [0.29, 0.717) is 24.5 Å². The first-order chi connectivity index (χ1) is 14.0. The highest BCUT2D eigenvalue weighted by Crippen LogP contribution is 2.24. The minimum absolute atomic E-state index is 0.0723. The number of aromatic nitrogens is 1. The molecule has 152 valence electrons. The number of pyridine rings is 1. The van der Waals surface area contributed by atoms with Crippen molar-refractivity contribution >= 4 is 17.5 Å². The number of nitrogens with zero attached hydrogens (tertiary/aromatic N) is 4. The van der Waals surface area contributed by atoms with E-state index < -0.39 is 0 Å². The Hall–Kier alpha value is -2.89. The molecule has 2 aliphatic rings. The Kier molecular flexibility index (Phi) is 5.51. The van der Waals surface area contributed by atoms with Gasteiger partial charge in [-0.1, -0.05) is 18.2 Å². The number of piperazine rings is 1. The predicted molar refractivity (Wildman–Crippen MR) is 113 cm³/mol. The highest BCUT2D eigenvalue weighted by Gasteiger charge is 2.26. The summed E-state index contributed by atoms with van der Waals surface area (Å²) in [5.74, 6) is -0.168. The van der Waals surface area contributed by atoms with Gasteiger partial charge in [-0.2, -0.15) is 0 Å². The average molecular weight is 393 g/mol. The molecule has 0 radical (unpaired) electrons. The van der Waals surface area contributed by atoms with Crippen LogP contribution < -0.4 is 4.90 Å². The number of benzene rings is 1. The van der Waals surface area contributed by atoms with Crippen molar-refractivity contribution in [3.05, 3.63) is 58.9 Å². The number of carbonyl (C=O) groups is 2. The Labute approximate surface area is 172 Å². The van der Waals surface area contributed by atoms with Crippen molar-refractivity contribution in [3.63, 3.8) is 0 Å². The number of aryl methyl sites for hydroxylation is 1. The number of hydrogen-bond acceptors (Lipinski definition) is 4. The lowest BCUT2D eigenvalue weighted by atomic mass is 10.1. The minimum Gasteiger partial charge on any atom is -0.368 e. The molecular formula is C23H28N4O2. The van der Waals surface area contributed by atoms with Gasteiger partial charge in [0.05, 0.1) is 0 Å². The van der Waals surface area contributed by atoms with E-state index in [-0.39, 0.29) is 11.8 Å². The molecule has 6 heteroatoms. The lowest BCUT2D eigenvalue weighted by Crippen LogP contribution is -2.49. The molecular weight excluding hydrogens is 364 g/mol. The van der Waals surface area contributed by atoms with Gasteiger partial charge in [-0.15, -0.1) is 0 Å². The maximum Gasteiger partial charge on any atom is 0.272 e. The van der Waals surface area contributed by atoms with Gasteiger partial charge in [0.1, 0.15) is 11.4 Å². The molecule has 6 nitrogen and oxygen atoms in total. The van der Waals surface area contributed by atoms with Crippen LogP contribution in [0.25, 0.3) is 0 Å². The molecule has 3 heterocycles. The largest absolute Gasteiger partial charge is 0.368 e. The first-order valence-electron chi connectivity index (χ1n) is 10.4. The van der Waals surface area contributed by atoms with Crippen LogP contribution in [0, 0.1) is 13.8 Å². The summed E-state index contributed by atoms with van der Waals surface area (Å²) in [6.45, 7) is 8.72. The van der Waals surface area contributed by atoms with Crippen LogP contribution in [-0.4, -0.2) is 65.9 Å². The number of anilines is 1. The van der Waals surface area contributed by atoms with Crippen LogP contribution in [0.4, 0.5) is 5.69 Å². The number of amides is 2. The van der Waals surface area contributed by atoms with E-state index in [1.54, 1.807) is 18.2 Å². The summed E-state index contributed by atoms with van der Waals surface area (Å²) in [7, 11) is 0. The molecule has 0 unspecified atom stereocenters. The zero-order valence-corrected chi connectivity index (χ0v) is 17.2. The molecule has 0 aliphatic carbocycles. The maximum atomic E-state index is 13.0. The van der Waals surface area contributed by atoms with Gasteiger partial charge < -0.3 is 14.7 Å². The fourth-order valence-electron chi connectivity index (χ4n) is 4.15. The smallest absolute Gasteiger partial charge is 0.272 e. The van der Waals surface area contributed by atoms with Crippen molar-refractivity contribution in [2.75, 3.05) is 44.2 Å². The minimum atomic E-state index is -0.0957. The molecule has 0 atom stereocenters. The number of carbonyl (C=O) groups excluding carboxylic acids is 2. The molecule has 0 N–H and O–H groups in total. The molecule has 1 aromatic carbocycles. The van der Waals surface area contributed by atoms with Gasteiger partial charge in [0.2, 0.25) is 0 Å². The van der Waals surface area contributed by atoms with Crippen molar-refractivity contribution in [1.82, 2.24) is 14.8 Å². The molecule has 29 heavy (non-hydrogen) atoms.